The van der Waals surface area contributed by atoms with Gasteiger partial charge in [0.25, 0.3) is 5.91 Å². The Hall–Kier alpha value is -4.08. The Bertz CT molecular complexity index is 1500. The highest BCUT2D eigenvalue weighted by Gasteiger charge is 2.48. The van der Waals surface area contributed by atoms with Crippen LogP contribution >= 0.6 is 0 Å². The molecular weight excluding hydrogens is 708 g/mol. The van der Waals surface area contributed by atoms with E-state index in [1.165, 1.54) is 9.80 Å². The largest absolute Gasteiger partial charge is 0.444 e. The summed E-state index contributed by atoms with van der Waals surface area (Å²) in [5.74, 6) is -3.60. The third kappa shape index (κ3) is 13.3. The molecule has 0 spiro atoms. The van der Waals surface area contributed by atoms with Gasteiger partial charge in [-0.15, -0.1) is 0 Å². The second-order valence-electron chi connectivity index (χ2n) is 17.2. The van der Waals surface area contributed by atoms with Gasteiger partial charge in [-0.2, -0.15) is 5.48 Å². The first-order valence-corrected chi connectivity index (χ1v) is 19.6. The maximum atomic E-state index is 14.5. The first-order chi connectivity index (χ1) is 25.8. The van der Waals surface area contributed by atoms with E-state index in [1.807, 2.05) is 6.07 Å². The van der Waals surface area contributed by atoms with Crippen LogP contribution in [0.1, 0.15) is 110 Å². The fraction of sp³-hybridized carbons (Fsp3) is 0.700. The van der Waals surface area contributed by atoms with Crippen LogP contribution in [0.2, 0.25) is 0 Å². The lowest BCUT2D eigenvalue weighted by atomic mass is 9.83. The zero-order valence-electron chi connectivity index (χ0n) is 33.5. The fourth-order valence-electron chi connectivity index (χ4n) is 7.59. The highest BCUT2D eigenvalue weighted by atomic mass is 16.7. The molecule has 1 aromatic carbocycles. The number of ether oxygens (including phenoxy) is 1. The second-order valence-corrected chi connectivity index (χ2v) is 17.2. The highest BCUT2D eigenvalue weighted by Crippen LogP contribution is 2.36. The van der Waals surface area contributed by atoms with Crippen molar-refractivity contribution in [2.45, 2.75) is 134 Å². The van der Waals surface area contributed by atoms with Crippen molar-refractivity contribution in [3.05, 3.63) is 35.9 Å². The SMILES string of the molecule is CN(C)C(=O)C(NOCNC(=O)C(=O)C(CC1CC1)NC(=O)C1C(CC(C)(C)O)CCN1C(=O)[C@@H](NC(=O)OC(C)(C)C)C1CCCCC1)c1ccccc1. The van der Waals surface area contributed by atoms with E-state index < -0.39 is 77.6 Å². The molecular formula is C40H62N6O9. The standard InChI is InChI=1S/C40H62N6O9/c1-39(2,3)55-38(52)43-30(26-14-10-8-11-15-26)37(51)46-21-20-28(23-40(4,5)53)32(46)34(48)42-29(22-25-18-19-25)33(47)35(49)41-24-54-44-31(36(50)45(6)7)27-16-12-9-13-17-27/h9,12-13,16-17,25-26,28-32,44,53H,8,10-11,14-15,18-24H2,1-7H3,(H,41,49)(H,42,48)(H,43,52)/t28?,29?,30-,31?,32?/m0/s1. The topological polar surface area (TPSA) is 196 Å². The summed E-state index contributed by atoms with van der Waals surface area (Å²) in [7, 11) is 3.22. The molecule has 4 rings (SSSR count). The molecule has 1 aromatic rings. The molecule has 5 atom stereocenters. The molecule has 4 unspecified atom stereocenters. The average molecular weight is 771 g/mol. The molecule has 55 heavy (non-hydrogen) atoms. The van der Waals surface area contributed by atoms with E-state index >= 15 is 0 Å². The van der Waals surface area contributed by atoms with E-state index in [1.54, 1.807) is 73.0 Å². The van der Waals surface area contributed by atoms with Crippen molar-refractivity contribution in [3.63, 3.8) is 0 Å². The van der Waals surface area contributed by atoms with E-state index in [9.17, 15) is 33.9 Å². The molecule has 2 aliphatic carbocycles. The Morgan fingerprint density at radius 1 is 0.909 bits per heavy atom. The average Bonchev–Trinajstić information content (AvgIpc) is 3.85. The van der Waals surface area contributed by atoms with Crippen LogP contribution in [0.15, 0.2) is 30.3 Å². The number of carbonyl (C=O) groups is 6. The lowest BCUT2D eigenvalue weighted by Crippen LogP contribution is -2.59. The zero-order chi connectivity index (χ0) is 40.5. The summed E-state index contributed by atoms with van der Waals surface area (Å²) in [6.45, 7) is 8.28. The van der Waals surface area contributed by atoms with Gasteiger partial charge in [-0.3, -0.25) is 28.8 Å². The number of hydrogen-bond acceptors (Lipinski definition) is 10. The number of likely N-dealkylation sites (tertiary alicyclic amines) is 1. The molecule has 15 heteroatoms. The summed E-state index contributed by atoms with van der Waals surface area (Å²) in [5.41, 5.74) is 1.36. The highest BCUT2D eigenvalue weighted by molar-refractivity contribution is 6.38. The van der Waals surface area contributed by atoms with Gasteiger partial charge in [0.15, 0.2) is 0 Å². The summed E-state index contributed by atoms with van der Waals surface area (Å²) in [6.07, 6.45) is 6.16. The number of Topliss-reactive ketones (excluding diaryl/α,β-unsaturated/α-hetero) is 1. The van der Waals surface area contributed by atoms with E-state index in [0.717, 1.165) is 44.9 Å². The number of benzene rings is 1. The van der Waals surface area contributed by atoms with Gasteiger partial charge in [0.05, 0.1) is 11.6 Å². The van der Waals surface area contributed by atoms with Gasteiger partial charge in [-0.05, 0) is 90.0 Å². The van der Waals surface area contributed by atoms with Gasteiger partial charge in [0.2, 0.25) is 23.5 Å². The number of rotatable bonds is 17. The molecule has 1 aliphatic heterocycles. The molecule has 3 aliphatic rings. The number of likely N-dealkylation sites (N-methyl/N-ethyl adjacent to an activating group) is 1. The molecule has 5 amide bonds. The number of carbonyl (C=O) groups excluding carboxylic acids is 6. The van der Waals surface area contributed by atoms with Crippen molar-refractivity contribution < 1.29 is 43.4 Å². The first kappa shape index (κ1) is 43.6. The van der Waals surface area contributed by atoms with Gasteiger partial charge < -0.3 is 35.6 Å². The van der Waals surface area contributed by atoms with Gasteiger partial charge >= 0.3 is 6.09 Å². The predicted octanol–water partition coefficient (Wildman–Crippen LogP) is 3.12. The molecule has 1 saturated heterocycles. The maximum Gasteiger partial charge on any atom is 0.408 e. The van der Waals surface area contributed by atoms with Crippen molar-refractivity contribution in [1.29, 1.82) is 0 Å². The molecule has 2 saturated carbocycles. The van der Waals surface area contributed by atoms with Crippen LogP contribution in [-0.2, 0) is 33.5 Å². The summed E-state index contributed by atoms with van der Waals surface area (Å²) in [4.78, 5) is 89.8. The van der Waals surface area contributed by atoms with Gasteiger partial charge in [0, 0.05) is 20.6 Å². The van der Waals surface area contributed by atoms with Crippen LogP contribution in [-0.4, -0.2) is 107 Å². The maximum absolute atomic E-state index is 14.5. The van der Waals surface area contributed by atoms with E-state index in [0.29, 0.717) is 12.0 Å². The Labute approximate surface area is 324 Å². The Balaban J connectivity index is 1.48. The molecule has 0 aromatic heterocycles. The van der Waals surface area contributed by atoms with Crippen LogP contribution in [0.4, 0.5) is 4.79 Å². The minimum absolute atomic E-state index is 0.144. The predicted molar refractivity (Wildman–Crippen MR) is 204 cm³/mol. The van der Waals surface area contributed by atoms with E-state index in [-0.39, 0.29) is 37.1 Å². The number of aliphatic hydroxyl groups is 1. The van der Waals surface area contributed by atoms with E-state index in [4.69, 9.17) is 9.57 Å². The third-order valence-electron chi connectivity index (χ3n) is 10.3. The van der Waals surface area contributed by atoms with Crippen LogP contribution in [0.5, 0.6) is 0 Å². The zero-order valence-corrected chi connectivity index (χ0v) is 33.5. The first-order valence-electron chi connectivity index (χ1n) is 19.6. The molecule has 0 radical (unpaired) electrons. The summed E-state index contributed by atoms with van der Waals surface area (Å²) in [5, 5.41) is 18.9. The lowest BCUT2D eigenvalue weighted by Gasteiger charge is -2.36. The number of alkyl carbamates (subject to hydrolysis) is 1. The van der Waals surface area contributed by atoms with Gasteiger partial charge in [-0.1, -0.05) is 62.4 Å². The minimum Gasteiger partial charge on any atom is -0.444 e. The van der Waals surface area contributed by atoms with Crippen molar-refractivity contribution in [2.24, 2.45) is 17.8 Å². The molecule has 15 nitrogen and oxygen atoms in total. The van der Waals surface area contributed by atoms with Crippen LogP contribution in [0, 0.1) is 17.8 Å². The van der Waals surface area contributed by atoms with Crippen LogP contribution < -0.4 is 21.4 Å². The summed E-state index contributed by atoms with van der Waals surface area (Å²) in [6, 6.07) is 4.88. The molecule has 0 bridgehead atoms. The monoisotopic (exact) mass is 770 g/mol. The number of nitrogens with zero attached hydrogens (tertiary/aromatic N) is 2. The van der Waals surface area contributed by atoms with Crippen molar-refractivity contribution in [2.75, 3.05) is 27.4 Å². The van der Waals surface area contributed by atoms with E-state index in [2.05, 4.69) is 21.4 Å². The normalized spacial score (nSPS) is 20.8. The molecule has 306 valence electrons. The Morgan fingerprint density at radius 3 is 2.15 bits per heavy atom. The summed E-state index contributed by atoms with van der Waals surface area (Å²) >= 11 is 0. The Kier molecular flexibility index (Phi) is 15.2. The number of ketones is 1. The van der Waals surface area contributed by atoms with Crippen LogP contribution in [0.25, 0.3) is 0 Å². The Morgan fingerprint density at radius 2 is 1.56 bits per heavy atom. The van der Waals surface area contributed by atoms with Crippen molar-refractivity contribution in [3.8, 4) is 0 Å². The second kappa shape index (κ2) is 19.2. The van der Waals surface area contributed by atoms with Gasteiger partial charge in [0.1, 0.15) is 30.5 Å². The number of amides is 5. The number of hydroxylamine groups is 1. The quantitative estimate of drug-likeness (QED) is 0.0680. The molecule has 1 heterocycles. The van der Waals surface area contributed by atoms with Gasteiger partial charge in [-0.25, -0.2) is 4.79 Å². The summed E-state index contributed by atoms with van der Waals surface area (Å²) < 4.78 is 5.53. The van der Waals surface area contributed by atoms with Crippen molar-refractivity contribution >= 4 is 35.5 Å². The number of hydrogen-bond donors (Lipinski definition) is 5. The fourth-order valence-corrected chi connectivity index (χ4v) is 7.59. The van der Waals surface area contributed by atoms with Crippen molar-refractivity contribution in [1.82, 2.24) is 31.2 Å². The lowest BCUT2D eigenvalue weighted by molar-refractivity contribution is -0.145. The minimum atomic E-state index is -1.17. The molecule has 3 fully saturated rings. The smallest absolute Gasteiger partial charge is 0.408 e. The number of nitrogens with one attached hydrogen (secondary N) is 4. The third-order valence-corrected chi connectivity index (χ3v) is 10.3. The van der Waals surface area contributed by atoms with Crippen LogP contribution in [0.3, 0.4) is 0 Å². The molecule has 5 N–H and O–H groups in total.